The van der Waals surface area contributed by atoms with E-state index in [4.69, 9.17) is 9.47 Å². The quantitative estimate of drug-likeness (QED) is 0.765. The van der Waals surface area contributed by atoms with Crippen LogP contribution in [0.3, 0.4) is 0 Å². The van der Waals surface area contributed by atoms with Gasteiger partial charge in [-0.05, 0) is 56.4 Å². The average Bonchev–Trinajstić information content (AvgIpc) is 3.16. The Balaban J connectivity index is 1.94. The molecule has 0 unspecified atom stereocenters. The third-order valence-electron chi connectivity index (χ3n) is 4.69. The molecule has 3 rings (SSSR count). The van der Waals surface area contributed by atoms with Gasteiger partial charge in [0.05, 0.1) is 18.6 Å². The molecule has 1 aliphatic carbocycles. The zero-order valence-corrected chi connectivity index (χ0v) is 14.1. The number of piperidine rings is 1. The Kier molecular flexibility index (Phi) is 4.33. The van der Waals surface area contributed by atoms with Gasteiger partial charge in [0.15, 0.2) is 0 Å². The molecule has 0 radical (unpaired) electrons. The fourth-order valence-corrected chi connectivity index (χ4v) is 5.55. The van der Waals surface area contributed by atoms with Gasteiger partial charge in [-0.25, -0.2) is 8.42 Å². The summed E-state index contributed by atoms with van der Waals surface area (Å²) in [4.78, 5) is 12.5. The second-order valence-corrected chi connectivity index (χ2v) is 7.78. The Morgan fingerprint density at radius 2 is 1.96 bits per heavy atom. The van der Waals surface area contributed by atoms with Crippen LogP contribution in [0.25, 0.3) is 0 Å². The number of hydrogen-bond acceptors (Lipinski definition) is 5. The second-order valence-electron chi connectivity index (χ2n) is 5.93. The highest BCUT2D eigenvalue weighted by Crippen LogP contribution is 2.45. The summed E-state index contributed by atoms with van der Waals surface area (Å²) >= 11 is 0. The van der Waals surface area contributed by atoms with Crippen molar-refractivity contribution in [2.75, 3.05) is 13.7 Å². The predicted octanol–water partition coefficient (Wildman–Crippen LogP) is 1.80. The lowest BCUT2D eigenvalue weighted by Crippen LogP contribution is -2.49. The van der Waals surface area contributed by atoms with Crippen molar-refractivity contribution in [2.45, 2.75) is 43.2 Å². The molecule has 7 heteroatoms. The van der Waals surface area contributed by atoms with Crippen molar-refractivity contribution in [3.63, 3.8) is 0 Å². The van der Waals surface area contributed by atoms with Gasteiger partial charge in [0.25, 0.3) is 0 Å². The van der Waals surface area contributed by atoms with E-state index in [-0.39, 0.29) is 23.5 Å². The summed E-state index contributed by atoms with van der Waals surface area (Å²) in [5.41, 5.74) is 0. The van der Waals surface area contributed by atoms with Crippen LogP contribution in [0.5, 0.6) is 5.75 Å². The van der Waals surface area contributed by atoms with E-state index >= 15 is 0 Å². The molecular weight excluding hydrogens is 318 g/mol. The molecule has 1 aromatic carbocycles. The minimum absolute atomic E-state index is 0.0621. The van der Waals surface area contributed by atoms with Gasteiger partial charge in [-0.1, -0.05) is 0 Å². The minimum atomic E-state index is -3.73. The number of ether oxygens (including phenoxy) is 2. The van der Waals surface area contributed by atoms with Gasteiger partial charge in [-0.2, -0.15) is 4.31 Å². The Hall–Kier alpha value is -1.60. The lowest BCUT2D eigenvalue weighted by molar-refractivity contribution is -0.149. The Labute approximate surface area is 136 Å². The number of methoxy groups -OCH3 is 1. The van der Waals surface area contributed by atoms with Gasteiger partial charge in [-0.3, -0.25) is 4.79 Å². The smallest absolute Gasteiger partial charge is 0.324 e. The largest absolute Gasteiger partial charge is 0.497 e. The van der Waals surface area contributed by atoms with E-state index in [9.17, 15) is 13.2 Å². The molecule has 2 aliphatic rings. The fraction of sp³-hybridized carbons (Fsp3) is 0.562. The number of sulfonamides is 1. The maximum atomic E-state index is 13.0. The maximum absolute atomic E-state index is 13.0. The molecule has 0 N–H and O–H groups in total. The highest BCUT2D eigenvalue weighted by atomic mass is 32.2. The van der Waals surface area contributed by atoms with E-state index < -0.39 is 22.0 Å². The van der Waals surface area contributed by atoms with E-state index in [1.807, 2.05) is 0 Å². The highest BCUT2D eigenvalue weighted by molar-refractivity contribution is 7.89. The fourth-order valence-electron chi connectivity index (χ4n) is 3.68. The molecule has 1 aromatic rings. The molecule has 0 aromatic heterocycles. The van der Waals surface area contributed by atoms with E-state index in [1.165, 1.54) is 23.5 Å². The van der Waals surface area contributed by atoms with E-state index in [0.29, 0.717) is 5.75 Å². The molecule has 2 bridgehead atoms. The topological polar surface area (TPSA) is 72.9 Å². The third kappa shape index (κ3) is 2.72. The van der Waals surface area contributed by atoms with Crippen molar-refractivity contribution in [3.8, 4) is 5.75 Å². The molecule has 1 heterocycles. The Bertz CT molecular complexity index is 685. The van der Waals surface area contributed by atoms with Crippen LogP contribution in [0.4, 0.5) is 0 Å². The van der Waals surface area contributed by atoms with Crippen molar-refractivity contribution < 1.29 is 22.7 Å². The lowest BCUT2D eigenvalue weighted by Gasteiger charge is -2.32. The summed E-state index contributed by atoms with van der Waals surface area (Å²) in [5, 5.41) is 0. The van der Waals surface area contributed by atoms with Gasteiger partial charge in [0, 0.05) is 6.04 Å². The summed E-state index contributed by atoms with van der Waals surface area (Å²) in [6.45, 7) is 1.98. The normalized spacial score (nSPS) is 27.1. The zero-order valence-electron chi connectivity index (χ0n) is 13.3. The van der Waals surface area contributed by atoms with Gasteiger partial charge >= 0.3 is 5.97 Å². The Morgan fingerprint density at radius 1 is 1.26 bits per heavy atom. The summed E-state index contributed by atoms with van der Waals surface area (Å²) < 4.78 is 37.6. The van der Waals surface area contributed by atoms with Crippen molar-refractivity contribution in [2.24, 2.45) is 5.92 Å². The predicted molar refractivity (Wildman–Crippen MR) is 83.6 cm³/mol. The molecule has 23 heavy (non-hydrogen) atoms. The number of rotatable bonds is 5. The van der Waals surface area contributed by atoms with Crippen LogP contribution in [-0.2, 0) is 19.6 Å². The number of nitrogens with zero attached hydrogens (tertiary/aromatic N) is 1. The van der Waals surface area contributed by atoms with Gasteiger partial charge in [0.2, 0.25) is 10.0 Å². The first-order valence-corrected chi connectivity index (χ1v) is 9.27. The van der Waals surface area contributed by atoms with Crippen LogP contribution in [0.1, 0.15) is 26.2 Å². The molecule has 6 nitrogen and oxygen atoms in total. The first kappa shape index (κ1) is 16.3. The molecule has 0 spiro atoms. The average molecular weight is 339 g/mol. The van der Waals surface area contributed by atoms with Crippen LogP contribution in [0.15, 0.2) is 29.2 Å². The lowest BCUT2D eigenvalue weighted by atomic mass is 10.0. The Morgan fingerprint density at radius 3 is 2.57 bits per heavy atom. The van der Waals surface area contributed by atoms with E-state index in [0.717, 1.165) is 19.3 Å². The van der Waals surface area contributed by atoms with E-state index in [2.05, 4.69) is 0 Å². The molecule has 1 saturated carbocycles. The third-order valence-corrected chi connectivity index (χ3v) is 6.64. The van der Waals surface area contributed by atoms with Crippen molar-refractivity contribution in [1.29, 1.82) is 0 Å². The van der Waals surface area contributed by atoms with Crippen molar-refractivity contribution in [1.82, 2.24) is 4.31 Å². The number of hydrogen-bond donors (Lipinski definition) is 0. The summed E-state index contributed by atoms with van der Waals surface area (Å²) in [6, 6.07) is 5.45. The highest BCUT2D eigenvalue weighted by Gasteiger charge is 2.55. The summed E-state index contributed by atoms with van der Waals surface area (Å²) in [5.74, 6) is 0.220. The SMILES string of the molecule is CCOC(=O)[C@H]1[C@@H]2CC[C@@H](C2)N1S(=O)(=O)c1ccc(OC)cc1. The molecule has 3 atom stereocenters. The van der Waals surface area contributed by atoms with Gasteiger partial charge < -0.3 is 9.47 Å². The number of carbonyl (C=O) groups excluding carboxylic acids is 1. The maximum Gasteiger partial charge on any atom is 0.324 e. The standard InChI is InChI=1S/C16H21NO5S/c1-3-22-16(18)15-11-4-5-12(10-11)17(15)23(19,20)14-8-6-13(21-2)7-9-14/h6-9,11-12,15H,3-5,10H2,1-2H3/t11-,12+,15-/m1/s1. The molecular formula is C16H21NO5S. The van der Waals surface area contributed by atoms with Crippen LogP contribution < -0.4 is 4.74 Å². The van der Waals surface area contributed by atoms with Crippen LogP contribution in [-0.4, -0.2) is 44.5 Å². The van der Waals surface area contributed by atoms with Crippen molar-refractivity contribution >= 4 is 16.0 Å². The summed E-state index contributed by atoms with van der Waals surface area (Å²) in [6.07, 6.45) is 2.41. The first-order chi connectivity index (χ1) is 11.0. The van der Waals surface area contributed by atoms with Crippen LogP contribution >= 0.6 is 0 Å². The number of carbonyl (C=O) groups is 1. The zero-order chi connectivity index (χ0) is 16.6. The van der Waals surface area contributed by atoms with Crippen LogP contribution in [0, 0.1) is 5.92 Å². The molecule has 126 valence electrons. The first-order valence-electron chi connectivity index (χ1n) is 7.83. The van der Waals surface area contributed by atoms with Crippen molar-refractivity contribution in [3.05, 3.63) is 24.3 Å². The number of esters is 1. The molecule has 0 amide bonds. The van der Waals surface area contributed by atoms with Gasteiger partial charge in [0.1, 0.15) is 11.8 Å². The summed E-state index contributed by atoms with van der Waals surface area (Å²) in [7, 11) is -2.20. The minimum Gasteiger partial charge on any atom is -0.497 e. The van der Waals surface area contributed by atoms with Crippen LogP contribution in [0.2, 0.25) is 0 Å². The monoisotopic (exact) mass is 339 g/mol. The number of fused-ring (bicyclic) bond motifs is 2. The number of benzene rings is 1. The van der Waals surface area contributed by atoms with E-state index in [1.54, 1.807) is 19.1 Å². The molecule has 1 saturated heterocycles. The molecule has 1 aliphatic heterocycles. The molecule has 2 fully saturated rings. The second kappa shape index (κ2) is 6.13. The van der Waals surface area contributed by atoms with Gasteiger partial charge in [-0.15, -0.1) is 0 Å².